The van der Waals surface area contributed by atoms with Gasteiger partial charge in [-0.25, -0.2) is 4.98 Å². The predicted octanol–water partition coefficient (Wildman–Crippen LogP) is 3.04. The Kier molecular flexibility index (Phi) is 5.25. The average molecular weight is 398 g/mol. The van der Waals surface area contributed by atoms with Crippen molar-refractivity contribution < 1.29 is 9.53 Å². The summed E-state index contributed by atoms with van der Waals surface area (Å²) in [6, 6.07) is 7.58. The fourth-order valence-electron chi connectivity index (χ4n) is 3.42. The lowest BCUT2D eigenvalue weighted by atomic mass is 9.97. The molecule has 3 heterocycles. The van der Waals surface area contributed by atoms with Crippen LogP contribution in [0.2, 0.25) is 0 Å². The van der Waals surface area contributed by atoms with Gasteiger partial charge in [0.05, 0.1) is 7.11 Å². The quantitative estimate of drug-likeness (QED) is 0.711. The van der Waals surface area contributed by atoms with Crippen LogP contribution in [0.25, 0.3) is 0 Å². The first kappa shape index (κ1) is 18.4. The summed E-state index contributed by atoms with van der Waals surface area (Å²) >= 11 is 1.42. The number of piperidine rings is 1. The Morgan fingerprint density at radius 1 is 1.32 bits per heavy atom. The molecule has 1 aliphatic rings. The molecule has 4 rings (SSSR count). The van der Waals surface area contributed by atoms with Crippen LogP contribution in [0.15, 0.2) is 36.0 Å². The summed E-state index contributed by atoms with van der Waals surface area (Å²) in [5.74, 6) is 1.90. The number of nitrogens with zero attached hydrogens (tertiary/aromatic N) is 5. The van der Waals surface area contributed by atoms with Crippen molar-refractivity contribution in [2.24, 2.45) is 7.05 Å². The molecule has 1 aromatic carbocycles. The van der Waals surface area contributed by atoms with Crippen LogP contribution in [0.3, 0.4) is 0 Å². The summed E-state index contributed by atoms with van der Waals surface area (Å²) in [7, 11) is 3.57. The van der Waals surface area contributed by atoms with Gasteiger partial charge in [-0.3, -0.25) is 4.79 Å². The summed E-state index contributed by atoms with van der Waals surface area (Å²) in [4.78, 5) is 19.3. The van der Waals surface area contributed by atoms with E-state index in [0.717, 1.165) is 36.6 Å². The van der Waals surface area contributed by atoms with Crippen LogP contribution in [-0.4, -0.2) is 50.8 Å². The summed E-state index contributed by atoms with van der Waals surface area (Å²) in [5.41, 5.74) is 1.37. The van der Waals surface area contributed by atoms with Gasteiger partial charge in [0.25, 0.3) is 5.91 Å². The molecule has 1 amide bonds. The van der Waals surface area contributed by atoms with E-state index in [1.54, 1.807) is 18.8 Å². The van der Waals surface area contributed by atoms with Crippen LogP contribution in [0.5, 0.6) is 5.75 Å². The number of anilines is 2. The topological polar surface area (TPSA) is 85.2 Å². The number of aromatic nitrogens is 4. The van der Waals surface area contributed by atoms with Crippen molar-refractivity contribution in [3.05, 3.63) is 47.5 Å². The van der Waals surface area contributed by atoms with E-state index in [4.69, 9.17) is 4.74 Å². The average Bonchev–Trinajstić information content (AvgIpc) is 3.37. The van der Waals surface area contributed by atoms with Crippen molar-refractivity contribution in [1.82, 2.24) is 24.6 Å². The van der Waals surface area contributed by atoms with Crippen molar-refractivity contribution in [2.75, 3.05) is 25.5 Å². The molecule has 0 spiro atoms. The Bertz CT molecular complexity index is 952. The van der Waals surface area contributed by atoms with E-state index in [9.17, 15) is 4.79 Å². The normalized spacial score (nSPS) is 16.8. The lowest BCUT2D eigenvalue weighted by molar-refractivity contribution is 0.0698. The summed E-state index contributed by atoms with van der Waals surface area (Å²) in [6.45, 7) is 1.39. The number of nitrogens with one attached hydrogen (secondary N) is 1. The Labute approximate surface area is 167 Å². The van der Waals surface area contributed by atoms with Gasteiger partial charge in [-0.2, -0.15) is 0 Å². The molecule has 146 valence electrons. The van der Waals surface area contributed by atoms with Crippen LogP contribution in [0.1, 0.15) is 35.1 Å². The minimum Gasteiger partial charge on any atom is -0.497 e. The molecule has 1 atom stereocenters. The molecule has 0 bridgehead atoms. The molecule has 9 heteroatoms. The van der Waals surface area contributed by atoms with E-state index in [-0.39, 0.29) is 11.8 Å². The van der Waals surface area contributed by atoms with Crippen LogP contribution in [0, 0.1) is 0 Å². The molecule has 2 aromatic heterocycles. The van der Waals surface area contributed by atoms with E-state index in [1.807, 2.05) is 40.8 Å². The van der Waals surface area contributed by atoms with Crippen LogP contribution < -0.4 is 10.1 Å². The maximum Gasteiger partial charge on any atom is 0.273 e. The second kappa shape index (κ2) is 7.97. The highest BCUT2D eigenvalue weighted by atomic mass is 32.1. The molecule has 3 aromatic rings. The molecular formula is C19H22N6O2S. The van der Waals surface area contributed by atoms with Gasteiger partial charge in [0.1, 0.15) is 23.6 Å². The van der Waals surface area contributed by atoms with E-state index in [1.165, 1.54) is 11.3 Å². The summed E-state index contributed by atoms with van der Waals surface area (Å²) in [5, 5.41) is 13.9. The highest BCUT2D eigenvalue weighted by Gasteiger charge is 2.29. The largest absolute Gasteiger partial charge is 0.497 e. The molecule has 1 fully saturated rings. The van der Waals surface area contributed by atoms with Crippen LogP contribution in [-0.2, 0) is 7.05 Å². The first-order valence-corrected chi connectivity index (χ1v) is 10.0. The predicted molar refractivity (Wildman–Crippen MR) is 107 cm³/mol. The number of likely N-dealkylation sites (tertiary alicyclic amines) is 1. The number of aryl methyl sites for hydroxylation is 1. The molecule has 0 saturated carbocycles. The molecule has 1 aliphatic heterocycles. The monoisotopic (exact) mass is 398 g/mol. The molecule has 0 radical (unpaired) electrons. The van der Waals surface area contributed by atoms with Gasteiger partial charge in [-0.1, -0.05) is 0 Å². The first-order valence-electron chi connectivity index (χ1n) is 9.14. The number of hydrogen-bond donors (Lipinski definition) is 1. The van der Waals surface area contributed by atoms with E-state index in [2.05, 4.69) is 20.5 Å². The molecule has 1 N–H and O–H groups in total. The van der Waals surface area contributed by atoms with Crippen molar-refractivity contribution in [2.45, 2.75) is 18.8 Å². The molecule has 28 heavy (non-hydrogen) atoms. The Morgan fingerprint density at radius 2 is 2.14 bits per heavy atom. The standard InChI is InChI=1S/C19H22N6O2S/c1-24-12-20-23-17(24)13-4-3-9-25(10-13)18(26)16-11-28-19(22-16)21-14-5-7-15(27-2)8-6-14/h5-8,11-13H,3-4,9-10H2,1-2H3,(H,21,22). The van der Waals surface area contributed by atoms with E-state index in [0.29, 0.717) is 17.4 Å². The fourth-order valence-corrected chi connectivity index (χ4v) is 4.13. The third-order valence-electron chi connectivity index (χ3n) is 4.88. The molecule has 1 saturated heterocycles. The fraction of sp³-hybridized carbons (Fsp3) is 0.368. The van der Waals surface area contributed by atoms with Crippen molar-refractivity contribution in [1.29, 1.82) is 0 Å². The summed E-state index contributed by atoms with van der Waals surface area (Å²) < 4.78 is 7.09. The number of methoxy groups -OCH3 is 1. The van der Waals surface area contributed by atoms with Gasteiger partial charge in [0, 0.05) is 37.1 Å². The van der Waals surface area contributed by atoms with Gasteiger partial charge in [-0.15, -0.1) is 21.5 Å². The first-order chi connectivity index (χ1) is 13.6. The zero-order chi connectivity index (χ0) is 19.5. The highest BCUT2D eigenvalue weighted by molar-refractivity contribution is 7.14. The van der Waals surface area contributed by atoms with E-state index < -0.39 is 0 Å². The maximum absolute atomic E-state index is 12.9. The number of thiazole rings is 1. The Hall–Kier alpha value is -2.94. The number of carbonyl (C=O) groups is 1. The van der Waals surface area contributed by atoms with Gasteiger partial charge in [0.15, 0.2) is 5.13 Å². The highest BCUT2D eigenvalue weighted by Crippen LogP contribution is 2.28. The second-order valence-corrected chi connectivity index (χ2v) is 7.64. The van der Waals surface area contributed by atoms with Crippen LogP contribution in [0.4, 0.5) is 10.8 Å². The second-order valence-electron chi connectivity index (χ2n) is 6.78. The van der Waals surface area contributed by atoms with Gasteiger partial charge in [0.2, 0.25) is 0 Å². The Morgan fingerprint density at radius 3 is 2.86 bits per heavy atom. The smallest absolute Gasteiger partial charge is 0.273 e. The number of carbonyl (C=O) groups excluding carboxylic acids is 1. The van der Waals surface area contributed by atoms with Crippen molar-refractivity contribution in [3.8, 4) is 5.75 Å². The lowest BCUT2D eigenvalue weighted by Crippen LogP contribution is -2.39. The number of rotatable bonds is 5. The van der Waals surface area contributed by atoms with Crippen LogP contribution >= 0.6 is 11.3 Å². The maximum atomic E-state index is 12.9. The molecular weight excluding hydrogens is 376 g/mol. The third-order valence-corrected chi connectivity index (χ3v) is 5.64. The zero-order valence-electron chi connectivity index (χ0n) is 15.8. The third kappa shape index (κ3) is 3.84. The minimum absolute atomic E-state index is 0.0362. The lowest BCUT2D eigenvalue weighted by Gasteiger charge is -2.31. The van der Waals surface area contributed by atoms with Gasteiger partial charge < -0.3 is 19.5 Å². The Balaban J connectivity index is 1.42. The SMILES string of the molecule is COc1ccc(Nc2nc(C(=O)N3CCCC(c4nncn4C)C3)cs2)cc1. The number of amides is 1. The summed E-state index contributed by atoms with van der Waals surface area (Å²) in [6.07, 6.45) is 3.66. The van der Waals surface area contributed by atoms with Crippen molar-refractivity contribution in [3.63, 3.8) is 0 Å². The molecule has 1 unspecified atom stereocenters. The van der Waals surface area contributed by atoms with Gasteiger partial charge in [-0.05, 0) is 37.1 Å². The molecule has 0 aliphatic carbocycles. The van der Waals surface area contributed by atoms with Gasteiger partial charge >= 0.3 is 0 Å². The number of benzene rings is 1. The molecule has 8 nitrogen and oxygen atoms in total. The van der Waals surface area contributed by atoms with E-state index >= 15 is 0 Å². The minimum atomic E-state index is -0.0362. The van der Waals surface area contributed by atoms with Crippen molar-refractivity contribution >= 4 is 28.1 Å². The number of ether oxygens (including phenoxy) is 1. The number of hydrogen-bond acceptors (Lipinski definition) is 7. The zero-order valence-corrected chi connectivity index (χ0v) is 16.6.